The summed E-state index contributed by atoms with van der Waals surface area (Å²) >= 11 is 6.02. The Kier molecular flexibility index (Phi) is 3.99. The maximum absolute atomic E-state index is 11.3. The van der Waals surface area contributed by atoms with E-state index in [1.54, 1.807) is 24.7 Å². The molecule has 0 atom stereocenters. The number of benzene rings is 1. The summed E-state index contributed by atoms with van der Waals surface area (Å²) < 4.78 is 3.62. The molecule has 0 fully saturated rings. The van der Waals surface area contributed by atoms with Gasteiger partial charge >= 0.3 is 5.97 Å². The highest BCUT2D eigenvalue weighted by Gasteiger charge is 2.16. The van der Waals surface area contributed by atoms with E-state index in [1.807, 2.05) is 29.0 Å². The fraction of sp³-hybridized carbons (Fsp3) is 0.118. The molecule has 1 N–H and O–H groups in total. The van der Waals surface area contributed by atoms with Crippen LogP contribution in [0.4, 0.5) is 0 Å². The largest absolute Gasteiger partial charge is 0.475 e. The van der Waals surface area contributed by atoms with Gasteiger partial charge in [-0.15, -0.1) is 0 Å². The van der Waals surface area contributed by atoms with E-state index >= 15 is 0 Å². The van der Waals surface area contributed by atoms with Gasteiger partial charge < -0.3 is 9.67 Å². The zero-order valence-corrected chi connectivity index (χ0v) is 13.8. The number of aromatic nitrogens is 3. The summed E-state index contributed by atoms with van der Waals surface area (Å²) in [5.41, 5.74) is 2.30. The topological polar surface area (TPSA) is 77.1 Å². The molecule has 0 saturated heterocycles. The van der Waals surface area contributed by atoms with Crippen LogP contribution in [0.3, 0.4) is 0 Å². The van der Waals surface area contributed by atoms with Crippen molar-refractivity contribution < 1.29 is 14.7 Å². The zero-order valence-electron chi connectivity index (χ0n) is 13.0. The Bertz CT molecular complexity index is 998. The summed E-state index contributed by atoms with van der Waals surface area (Å²) in [6, 6.07) is 7.49. The fourth-order valence-electron chi connectivity index (χ4n) is 2.67. The number of carboxylic acid groups (broad SMARTS) is 1. The van der Waals surface area contributed by atoms with Gasteiger partial charge in [-0.1, -0.05) is 11.6 Å². The molecule has 2 aromatic heterocycles. The van der Waals surface area contributed by atoms with Gasteiger partial charge in [0.2, 0.25) is 0 Å². The number of carbonyl (C=O) groups is 2. The Morgan fingerprint density at radius 3 is 2.75 bits per heavy atom. The first-order valence-corrected chi connectivity index (χ1v) is 7.52. The first-order valence-electron chi connectivity index (χ1n) is 7.14. The lowest BCUT2D eigenvalue weighted by atomic mass is 10.2. The predicted octanol–water partition coefficient (Wildman–Crippen LogP) is 2.99. The number of carbonyl (C=O) groups excluding carboxylic acids is 1. The molecular weight excluding hydrogens is 330 g/mol. The second-order valence-corrected chi connectivity index (χ2v) is 5.77. The second kappa shape index (κ2) is 5.98. The van der Waals surface area contributed by atoms with E-state index in [4.69, 9.17) is 16.7 Å². The lowest BCUT2D eigenvalue weighted by Crippen LogP contribution is -2.08. The Hall–Kier alpha value is -2.86. The quantitative estimate of drug-likeness (QED) is 0.583. The number of hydrogen-bond acceptors (Lipinski definition) is 3. The average molecular weight is 344 g/mol. The van der Waals surface area contributed by atoms with Crippen molar-refractivity contribution in [1.29, 1.82) is 0 Å². The number of hydrogen-bond donors (Lipinski definition) is 1. The van der Waals surface area contributed by atoms with Gasteiger partial charge in [-0.05, 0) is 43.3 Å². The van der Waals surface area contributed by atoms with Crippen LogP contribution in [0.5, 0.6) is 0 Å². The van der Waals surface area contributed by atoms with Gasteiger partial charge in [-0.25, -0.2) is 4.79 Å². The summed E-state index contributed by atoms with van der Waals surface area (Å²) in [5, 5.41) is 14.7. The molecule has 3 rings (SSSR count). The van der Waals surface area contributed by atoms with Crippen LogP contribution in [-0.4, -0.2) is 31.2 Å². The molecular formula is C17H14ClN3O3. The number of fused-ring (bicyclic) bond motifs is 1. The summed E-state index contributed by atoms with van der Waals surface area (Å²) in [6.07, 6.45) is 4.40. The Balaban J connectivity index is 2.17. The third kappa shape index (κ3) is 2.72. The van der Waals surface area contributed by atoms with Crippen LogP contribution in [-0.2, 0) is 16.6 Å². The molecule has 0 amide bonds. The molecule has 2 heterocycles. The summed E-state index contributed by atoms with van der Waals surface area (Å²) in [6.45, 7) is 1.80. The van der Waals surface area contributed by atoms with Crippen LogP contribution in [0.1, 0.15) is 11.3 Å². The van der Waals surface area contributed by atoms with Crippen molar-refractivity contribution in [1.82, 2.24) is 14.3 Å². The third-order valence-corrected chi connectivity index (χ3v) is 3.96. The standard InChI is InChI=1S/C17H14ClN3O3/c1-10-13(4-6-15(22)17(23)24)16(20(2)19-10)21-8-7-11-9-12(18)3-5-14(11)21/h3-9H,1-2H3,(H,23,24). The number of aliphatic carboxylic acids is 1. The smallest absolute Gasteiger partial charge is 0.376 e. The molecule has 1 aromatic carbocycles. The van der Waals surface area contributed by atoms with Crippen molar-refractivity contribution in [2.75, 3.05) is 0 Å². The monoisotopic (exact) mass is 343 g/mol. The van der Waals surface area contributed by atoms with E-state index < -0.39 is 11.8 Å². The highest BCUT2D eigenvalue weighted by Crippen LogP contribution is 2.27. The van der Waals surface area contributed by atoms with Crippen LogP contribution in [0.25, 0.3) is 22.8 Å². The normalized spacial score (nSPS) is 11.5. The Labute approximate surface area is 142 Å². The number of ketones is 1. The van der Waals surface area contributed by atoms with Crippen molar-refractivity contribution >= 4 is 40.3 Å². The first-order chi connectivity index (χ1) is 11.4. The SMILES string of the molecule is Cc1nn(C)c(-n2ccc3cc(Cl)ccc32)c1C=CC(=O)C(=O)O. The van der Waals surface area contributed by atoms with Crippen LogP contribution >= 0.6 is 11.6 Å². The van der Waals surface area contributed by atoms with Crippen molar-refractivity contribution in [2.24, 2.45) is 7.05 Å². The van der Waals surface area contributed by atoms with Crippen LogP contribution < -0.4 is 0 Å². The molecule has 6 nitrogen and oxygen atoms in total. The molecule has 0 spiro atoms. The number of rotatable bonds is 4. The van der Waals surface area contributed by atoms with E-state index in [0.717, 1.165) is 22.8 Å². The van der Waals surface area contributed by atoms with Crippen molar-refractivity contribution in [2.45, 2.75) is 6.92 Å². The molecule has 0 aliphatic heterocycles. The molecule has 7 heteroatoms. The van der Waals surface area contributed by atoms with E-state index in [2.05, 4.69) is 5.10 Å². The molecule has 122 valence electrons. The van der Waals surface area contributed by atoms with Gasteiger partial charge in [0.05, 0.1) is 11.2 Å². The average Bonchev–Trinajstić information content (AvgIpc) is 3.04. The Morgan fingerprint density at radius 2 is 2.04 bits per heavy atom. The lowest BCUT2D eigenvalue weighted by Gasteiger charge is -2.08. The maximum atomic E-state index is 11.3. The van der Waals surface area contributed by atoms with Gasteiger partial charge in [0.15, 0.2) is 0 Å². The van der Waals surface area contributed by atoms with Crippen molar-refractivity contribution in [3.05, 3.63) is 52.8 Å². The first kappa shape index (κ1) is 16.0. The van der Waals surface area contributed by atoms with E-state index in [0.29, 0.717) is 16.3 Å². The van der Waals surface area contributed by atoms with Crippen molar-refractivity contribution in [3.8, 4) is 5.82 Å². The minimum absolute atomic E-state index is 0.647. The fourth-order valence-corrected chi connectivity index (χ4v) is 2.85. The highest BCUT2D eigenvalue weighted by atomic mass is 35.5. The van der Waals surface area contributed by atoms with Gasteiger partial charge in [0.25, 0.3) is 5.78 Å². The minimum Gasteiger partial charge on any atom is -0.475 e. The number of nitrogens with zero attached hydrogens (tertiary/aromatic N) is 3. The van der Waals surface area contributed by atoms with E-state index in [9.17, 15) is 9.59 Å². The van der Waals surface area contributed by atoms with Crippen LogP contribution in [0.2, 0.25) is 5.02 Å². The summed E-state index contributed by atoms with van der Waals surface area (Å²) in [5.74, 6) is -1.73. The summed E-state index contributed by atoms with van der Waals surface area (Å²) in [7, 11) is 1.79. The van der Waals surface area contributed by atoms with Gasteiger partial charge in [0, 0.05) is 29.2 Å². The van der Waals surface area contributed by atoms with Crippen LogP contribution in [0.15, 0.2) is 36.5 Å². The van der Waals surface area contributed by atoms with Gasteiger partial charge in [-0.3, -0.25) is 9.48 Å². The number of carboxylic acids is 1. The molecule has 24 heavy (non-hydrogen) atoms. The molecule has 0 saturated carbocycles. The van der Waals surface area contributed by atoms with E-state index in [1.165, 1.54) is 6.08 Å². The second-order valence-electron chi connectivity index (χ2n) is 5.34. The molecule has 0 bridgehead atoms. The Morgan fingerprint density at radius 1 is 1.29 bits per heavy atom. The van der Waals surface area contributed by atoms with Crippen LogP contribution in [0, 0.1) is 6.92 Å². The molecule has 3 aromatic rings. The molecule has 0 unspecified atom stereocenters. The number of aryl methyl sites for hydroxylation is 2. The third-order valence-electron chi connectivity index (χ3n) is 3.73. The molecule has 0 aliphatic carbocycles. The number of halogens is 1. The van der Waals surface area contributed by atoms with Gasteiger partial charge in [-0.2, -0.15) is 5.10 Å². The highest BCUT2D eigenvalue weighted by molar-refractivity contribution is 6.38. The predicted molar refractivity (Wildman–Crippen MR) is 91.5 cm³/mol. The van der Waals surface area contributed by atoms with Crippen molar-refractivity contribution in [3.63, 3.8) is 0 Å². The lowest BCUT2D eigenvalue weighted by molar-refractivity contribution is -0.146. The summed E-state index contributed by atoms with van der Waals surface area (Å²) in [4.78, 5) is 22.0. The molecule has 0 radical (unpaired) electrons. The minimum atomic E-state index is -1.49. The van der Waals surface area contributed by atoms with Gasteiger partial charge in [0.1, 0.15) is 5.82 Å². The van der Waals surface area contributed by atoms with E-state index in [-0.39, 0.29) is 0 Å². The zero-order chi connectivity index (χ0) is 17.4. The molecule has 0 aliphatic rings. The maximum Gasteiger partial charge on any atom is 0.376 e.